The molecule has 0 aliphatic heterocycles. The number of hydrogen-bond acceptors (Lipinski definition) is 3. The molecule has 0 bridgehead atoms. The Balaban J connectivity index is 2.79. The molecule has 0 aliphatic carbocycles. The molecule has 2 aromatic rings. The van der Waals surface area contributed by atoms with E-state index in [1.54, 1.807) is 16.7 Å². The van der Waals surface area contributed by atoms with Crippen molar-refractivity contribution in [3.63, 3.8) is 0 Å². The molecule has 0 aromatic carbocycles. The Morgan fingerprint density at radius 3 is 2.87 bits per heavy atom. The zero-order valence-electron chi connectivity index (χ0n) is 7.97. The summed E-state index contributed by atoms with van der Waals surface area (Å²) in [6.07, 6.45) is 3.78. The minimum Gasteiger partial charge on any atom is -0.476 e. The van der Waals surface area contributed by atoms with Gasteiger partial charge in [0.1, 0.15) is 5.65 Å². The first-order chi connectivity index (χ1) is 7.11. The fourth-order valence-corrected chi connectivity index (χ4v) is 1.46. The molecular weight excluding hydrogens is 196 g/mol. The molecule has 2 rings (SSSR count). The van der Waals surface area contributed by atoms with E-state index in [1.807, 2.05) is 6.92 Å². The van der Waals surface area contributed by atoms with Crippen molar-refractivity contribution < 1.29 is 14.7 Å². The predicted octanol–water partition coefficient (Wildman–Crippen LogP) is 1.15. The topological polar surface area (TPSA) is 71.7 Å². The van der Waals surface area contributed by atoms with Crippen molar-refractivity contribution in [1.29, 1.82) is 0 Å². The van der Waals surface area contributed by atoms with Gasteiger partial charge in [-0.05, 0) is 18.6 Å². The lowest BCUT2D eigenvalue weighted by Gasteiger charge is -1.98. The second-order valence-corrected chi connectivity index (χ2v) is 3.25. The Hall–Kier alpha value is -2.17. The fourth-order valence-electron chi connectivity index (χ4n) is 1.46. The maximum atomic E-state index is 10.8. The highest BCUT2D eigenvalue weighted by molar-refractivity contribution is 5.89. The number of carboxylic acid groups (broad SMARTS) is 1. The number of carboxylic acids is 1. The van der Waals surface area contributed by atoms with Crippen LogP contribution in [0.1, 0.15) is 26.4 Å². The van der Waals surface area contributed by atoms with Gasteiger partial charge in [-0.15, -0.1) is 0 Å². The third-order valence-corrected chi connectivity index (χ3v) is 2.06. The van der Waals surface area contributed by atoms with E-state index in [0.29, 0.717) is 17.5 Å². The Kier molecular flexibility index (Phi) is 2.00. The molecule has 1 N–H and O–H groups in total. The number of imidazole rings is 1. The van der Waals surface area contributed by atoms with Gasteiger partial charge in [0.05, 0.1) is 5.56 Å². The first kappa shape index (κ1) is 9.39. The average Bonchev–Trinajstić information content (AvgIpc) is 2.59. The number of pyridine rings is 1. The summed E-state index contributed by atoms with van der Waals surface area (Å²) in [7, 11) is 0. The quantitative estimate of drug-likeness (QED) is 0.745. The average molecular weight is 204 g/mol. The van der Waals surface area contributed by atoms with Gasteiger partial charge in [-0.1, -0.05) is 0 Å². The highest BCUT2D eigenvalue weighted by Crippen LogP contribution is 2.12. The van der Waals surface area contributed by atoms with Gasteiger partial charge in [0.25, 0.3) is 0 Å². The lowest BCUT2D eigenvalue weighted by atomic mass is 10.2. The van der Waals surface area contributed by atoms with Gasteiger partial charge in [-0.2, -0.15) is 0 Å². The molecule has 15 heavy (non-hydrogen) atoms. The number of carbonyl (C=O) groups excluding carboxylic acids is 1. The molecule has 5 nitrogen and oxygen atoms in total. The summed E-state index contributed by atoms with van der Waals surface area (Å²) in [6.45, 7) is 1.83. The molecular formula is C10H8N2O3. The molecule has 2 heterocycles. The lowest BCUT2D eigenvalue weighted by molar-refractivity contribution is 0.0691. The number of nitrogens with zero attached hydrogens (tertiary/aromatic N) is 2. The molecule has 2 aromatic heterocycles. The SMILES string of the molecule is Cc1cc(C=O)c2nc(C(=O)O)cn2c1. The molecule has 0 radical (unpaired) electrons. The molecule has 5 heteroatoms. The van der Waals surface area contributed by atoms with Crippen molar-refractivity contribution >= 4 is 17.9 Å². The molecule has 0 unspecified atom stereocenters. The van der Waals surface area contributed by atoms with Crippen molar-refractivity contribution in [2.24, 2.45) is 0 Å². The summed E-state index contributed by atoms with van der Waals surface area (Å²) in [4.78, 5) is 25.3. The molecule has 0 saturated carbocycles. The van der Waals surface area contributed by atoms with Crippen molar-refractivity contribution in [2.45, 2.75) is 6.92 Å². The standard InChI is InChI=1S/C10H8N2O3/c1-6-2-7(5-13)9-11-8(10(14)15)4-12(9)3-6/h2-5H,1H3,(H,14,15). The largest absolute Gasteiger partial charge is 0.476 e. The number of aldehydes is 1. The monoisotopic (exact) mass is 204 g/mol. The number of rotatable bonds is 2. The summed E-state index contributed by atoms with van der Waals surface area (Å²) >= 11 is 0. The fraction of sp³-hybridized carbons (Fsp3) is 0.100. The summed E-state index contributed by atoms with van der Waals surface area (Å²) in [5.41, 5.74) is 1.57. The summed E-state index contributed by atoms with van der Waals surface area (Å²) in [5, 5.41) is 8.75. The summed E-state index contributed by atoms with van der Waals surface area (Å²) < 4.78 is 1.54. The first-order valence-corrected chi connectivity index (χ1v) is 4.29. The van der Waals surface area contributed by atoms with Crippen LogP contribution in [0.4, 0.5) is 0 Å². The molecule has 0 aliphatic rings. The van der Waals surface area contributed by atoms with E-state index < -0.39 is 5.97 Å². The van der Waals surface area contributed by atoms with E-state index in [2.05, 4.69) is 4.98 Å². The number of aromatic carboxylic acids is 1. The third-order valence-electron chi connectivity index (χ3n) is 2.06. The van der Waals surface area contributed by atoms with Gasteiger partial charge in [0, 0.05) is 12.4 Å². The van der Waals surface area contributed by atoms with E-state index >= 15 is 0 Å². The van der Waals surface area contributed by atoms with Gasteiger partial charge < -0.3 is 9.51 Å². The zero-order chi connectivity index (χ0) is 11.0. The normalized spacial score (nSPS) is 10.5. The van der Waals surface area contributed by atoms with Crippen LogP contribution in [0, 0.1) is 6.92 Å². The van der Waals surface area contributed by atoms with Crippen LogP contribution in [-0.2, 0) is 0 Å². The number of aryl methyl sites for hydroxylation is 1. The van der Waals surface area contributed by atoms with Gasteiger partial charge in [0.15, 0.2) is 12.0 Å². The summed E-state index contributed by atoms with van der Waals surface area (Å²) in [5.74, 6) is -1.10. The maximum Gasteiger partial charge on any atom is 0.356 e. The van der Waals surface area contributed by atoms with Gasteiger partial charge in [-0.3, -0.25) is 4.79 Å². The Morgan fingerprint density at radius 2 is 2.27 bits per heavy atom. The second-order valence-electron chi connectivity index (χ2n) is 3.25. The zero-order valence-corrected chi connectivity index (χ0v) is 7.97. The van der Waals surface area contributed by atoms with Crippen LogP contribution >= 0.6 is 0 Å². The maximum absolute atomic E-state index is 10.8. The van der Waals surface area contributed by atoms with Crippen LogP contribution in [0.25, 0.3) is 5.65 Å². The van der Waals surface area contributed by atoms with Crippen LogP contribution in [0.2, 0.25) is 0 Å². The minimum absolute atomic E-state index is 0.0660. The second kappa shape index (κ2) is 3.20. The van der Waals surface area contributed by atoms with E-state index in [9.17, 15) is 9.59 Å². The number of carbonyl (C=O) groups is 2. The minimum atomic E-state index is -1.10. The van der Waals surface area contributed by atoms with Crippen LogP contribution in [0.15, 0.2) is 18.5 Å². The molecule has 0 spiro atoms. The first-order valence-electron chi connectivity index (χ1n) is 4.29. The lowest BCUT2D eigenvalue weighted by Crippen LogP contribution is -1.95. The summed E-state index contributed by atoms with van der Waals surface area (Å²) in [6, 6.07) is 1.67. The van der Waals surface area contributed by atoms with Crippen LogP contribution < -0.4 is 0 Å². The van der Waals surface area contributed by atoms with E-state index in [1.165, 1.54) is 6.20 Å². The van der Waals surface area contributed by atoms with Gasteiger partial charge in [-0.25, -0.2) is 9.78 Å². The smallest absolute Gasteiger partial charge is 0.356 e. The predicted molar refractivity (Wildman–Crippen MR) is 52.3 cm³/mol. The van der Waals surface area contributed by atoms with Gasteiger partial charge in [0.2, 0.25) is 0 Å². The van der Waals surface area contributed by atoms with Crippen LogP contribution in [0.3, 0.4) is 0 Å². The Morgan fingerprint density at radius 1 is 1.53 bits per heavy atom. The number of fused-ring (bicyclic) bond motifs is 1. The molecule has 0 saturated heterocycles. The van der Waals surface area contributed by atoms with Crippen molar-refractivity contribution in [1.82, 2.24) is 9.38 Å². The molecule has 76 valence electrons. The van der Waals surface area contributed by atoms with Gasteiger partial charge >= 0.3 is 5.97 Å². The Labute approximate surface area is 85.0 Å². The van der Waals surface area contributed by atoms with Crippen molar-refractivity contribution in [3.8, 4) is 0 Å². The number of hydrogen-bond donors (Lipinski definition) is 1. The Bertz CT molecular complexity index is 557. The van der Waals surface area contributed by atoms with Crippen LogP contribution in [0.5, 0.6) is 0 Å². The molecule has 0 atom stereocenters. The molecule has 0 amide bonds. The van der Waals surface area contributed by atoms with E-state index in [-0.39, 0.29) is 5.69 Å². The number of aromatic nitrogens is 2. The highest BCUT2D eigenvalue weighted by atomic mass is 16.4. The van der Waals surface area contributed by atoms with Crippen molar-refractivity contribution in [3.05, 3.63) is 35.3 Å². The highest BCUT2D eigenvalue weighted by Gasteiger charge is 2.11. The molecule has 0 fully saturated rings. The van der Waals surface area contributed by atoms with Crippen molar-refractivity contribution in [2.75, 3.05) is 0 Å². The van der Waals surface area contributed by atoms with E-state index in [4.69, 9.17) is 5.11 Å². The third kappa shape index (κ3) is 1.48. The van der Waals surface area contributed by atoms with E-state index in [0.717, 1.165) is 5.56 Å². The van der Waals surface area contributed by atoms with Crippen LogP contribution in [-0.4, -0.2) is 26.7 Å².